The first kappa shape index (κ1) is 19.1. The lowest BCUT2D eigenvalue weighted by molar-refractivity contribution is -0.132. The minimum Gasteiger partial charge on any atom is -0.481 e. The van der Waals surface area contributed by atoms with E-state index in [-0.39, 0.29) is 30.6 Å². The molecule has 0 bridgehead atoms. The van der Waals surface area contributed by atoms with Gasteiger partial charge in [-0.15, -0.1) is 0 Å². The topological polar surface area (TPSA) is 38.8 Å². The van der Waals surface area contributed by atoms with Crippen LogP contribution < -0.4 is 9.47 Å². The summed E-state index contributed by atoms with van der Waals surface area (Å²) >= 11 is 3.13. The monoisotopic (exact) mass is 417 g/mol. The highest BCUT2D eigenvalue weighted by atomic mass is 79.9. The van der Waals surface area contributed by atoms with Crippen LogP contribution in [-0.4, -0.2) is 31.1 Å². The van der Waals surface area contributed by atoms with Gasteiger partial charge in [-0.25, -0.2) is 4.39 Å². The van der Waals surface area contributed by atoms with Gasteiger partial charge in [0, 0.05) is 18.1 Å². The van der Waals surface area contributed by atoms with Crippen molar-refractivity contribution in [3.05, 3.63) is 58.3 Å². The molecular formula is C17H15BrF3NO3. The molecule has 0 spiro atoms. The van der Waals surface area contributed by atoms with Crippen molar-refractivity contribution >= 4 is 21.8 Å². The van der Waals surface area contributed by atoms with E-state index in [9.17, 15) is 18.0 Å². The van der Waals surface area contributed by atoms with E-state index in [4.69, 9.17) is 4.74 Å². The lowest BCUT2D eigenvalue weighted by atomic mass is 10.2. The number of benzene rings is 2. The number of halogens is 4. The van der Waals surface area contributed by atoms with E-state index >= 15 is 0 Å². The fourth-order valence-corrected chi connectivity index (χ4v) is 2.31. The Bertz CT molecular complexity index is 726. The van der Waals surface area contributed by atoms with Gasteiger partial charge in [0.25, 0.3) is 5.91 Å². The normalized spacial score (nSPS) is 10.6. The van der Waals surface area contributed by atoms with Crippen molar-refractivity contribution in [3.63, 3.8) is 0 Å². The second-order valence-electron chi connectivity index (χ2n) is 5.14. The predicted molar refractivity (Wildman–Crippen MR) is 89.1 cm³/mol. The maximum Gasteiger partial charge on any atom is 0.387 e. The molecule has 0 heterocycles. The number of amides is 1. The van der Waals surface area contributed by atoms with Gasteiger partial charge in [0.1, 0.15) is 5.75 Å². The first-order chi connectivity index (χ1) is 11.8. The third-order valence-corrected chi connectivity index (χ3v) is 3.73. The highest BCUT2D eigenvalue weighted by Gasteiger charge is 2.12. The van der Waals surface area contributed by atoms with E-state index in [1.54, 1.807) is 25.2 Å². The van der Waals surface area contributed by atoms with E-state index in [1.807, 2.05) is 0 Å². The van der Waals surface area contributed by atoms with Crippen molar-refractivity contribution in [1.29, 1.82) is 0 Å². The van der Waals surface area contributed by atoms with Crippen LogP contribution in [0.3, 0.4) is 0 Å². The molecule has 0 fully saturated rings. The zero-order chi connectivity index (χ0) is 18.4. The number of alkyl halides is 2. The van der Waals surface area contributed by atoms with Crippen LogP contribution in [0.1, 0.15) is 5.56 Å². The predicted octanol–water partition coefficient (Wildman–Crippen LogP) is 4.23. The summed E-state index contributed by atoms with van der Waals surface area (Å²) in [5.41, 5.74) is 0.729. The summed E-state index contributed by atoms with van der Waals surface area (Å²) in [6.45, 7) is -2.95. The number of carbonyl (C=O) groups is 1. The van der Waals surface area contributed by atoms with Crippen LogP contribution in [-0.2, 0) is 11.3 Å². The smallest absolute Gasteiger partial charge is 0.387 e. The molecule has 0 N–H and O–H groups in total. The molecule has 2 aromatic carbocycles. The number of hydrogen-bond acceptors (Lipinski definition) is 3. The van der Waals surface area contributed by atoms with Gasteiger partial charge in [-0.3, -0.25) is 4.79 Å². The molecule has 0 aromatic heterocycles. The highest BCUT2D eigenvalue weighted by molar-refractivity contribution is 9.10. The molecule has 4 nitrogen and oxygen atoms in total. The fourth-order valence-electron chi connectivity index (χ4n) is 1.98. The fraction of sp³-hybridized carbons (Fsp3) is 0.235. The van der Waals surface area contributed by atoms with Crippen LogP contribution in [0.5, 0.6) is 11.5 Å². The minimum absolute atomic E-state index is 0.0153. The Morgan fingerprint density at radius 3 is 2.48 bits per heavy atom. The molecule has 0 aliphatic heterocycles. The number of rotatable bonds is 7. The third kappa shape index (κ3) is 5.97. The molecule has 0 atom stereocenters. The van der Waals surface area contributed by atoms with Gasteiger partial charge in [0.2, 0.25) is 0 Å². The lowest BCUT2D eigenvalue weighted by Crippen LogP contribution is -2.31. The summed E-state index contributed by atoms with van der Waals surface area (Å²) in [4.78, 5) is 13.4. The maximum absolute atomic E-state index is 13.6. The average Bonchev–Trinajstić information content (AvgIpc) is 2.55. The van der Waals surface area contributed by atoms with Crippen molar-refractivity contribution in [2.24, 2.45) is 0 Å². The van der Waals surface area contributed by atoms with Crippen molar-refractivity contribution in [1.82, 2.24) is 4.90 Å². The molecule has 0 aliphatic carbocycles. The number of hydrogen-bond donors (Lipinski definition) is 0. The zero-order valence-corrected chi connectivity index (χ0v) is 14.8. The van der Waals surface area contributed by atoms with Gasteiger partial charge in [0.15, 0.2) is 18.2 Å². The summed E-state index contributed by atoms with van der Waals surface area (Å²) < 4.78 is 47.8. The largest absolute Gasteiger partial charge is 0.481 e. The third-order valence-electron chi connectivity index (χ3n) is 3.24. The molecule has 0 unspecified atom stereocenters. The van der Waals surface area contributed by atoms with E-state index < -0.39 is 12.4 Å². The van der Waals surface area contributed by atoms with Crippen molar-refractivity contribution in [2.45, 2.75) is 13.2 Å². The zero-order valence-electron chi connectivity index (χ0n) is 13.2. The Labute approximate surface area is 151 Å². The van der Waals surface area contributed by atoms with Gasteiger partial charge in [-0.05, 0) is 35.9 Å². The van der Waals surface area contributed by atoms with Crippen molar-refractivity contribution in [2.75, 3.05) is 13.7 Å². The standard InChI is InChI=1S/C17H15BrF3NO3/c1-22(9-11-2-5-13(6-3-11)25-17(20)21)16(23)10-24-15-7-4-12(18)8-14(15)19/h2-8,17H,9-10H2,1H3. The number of carbonyl (C=O) groups excluding carboxylic acids is 1. The van der Waals surface area contributed by atoms with E-state index in [0.717, 1.165) is 5.56 Å². The molecule has 1 amide bonds. The summed E-state index contributed by atoms with van der Waals surface area (Å²) in [6, 6.07) is 10.2. The molecule has 0 saturated heterocycles. The minimum atomic E-state index is -2.88. The Morgan fingerprint density at radius 1 is 1.20 bits per heavy atom. The second kappa shape index (κ2) is 8.75. The van der Waals surface area contributed by atoms with Gasteiger partial charge in [0.05, 0.1) is 0 Å². The highest BCUT2D eigenvalue weighted by Crippen LogP contribution is 2.21. The first-order valence-corrected chi connectivity index (χ1v) is 8.00. The summed E-state index contributed by atoms with van der Waals surface area (Å²) in [7, 11) is 1.56. The molecule has 0 saturated carbocycles. The van der Waals surface area contributed by atoms with Crippen molar-refractivity contribution in [3.8, 4) is 11.5 Å². The molecule has 0 radical (unpaired) electrons. The van der Waals surface area contributed by atoms with Crippen LogP contribution in [0, 0.1) is 5.82 Å². The lowest BCUT2D eigenvalue weighted by Gasteiger charge is -2.18. The van der Waals surface area contributed by atoms with E-state index in [1.165, 1.54) is 29.2 Å². The summed E-state index contributed by atoms with van der Waals surface area (Å²) in [6.07, 6.45) is 0. The van der Waals surface area contributed by atoms with Crippen LogP contribution in [0.2, 0.25) is 0 Å². The van der Waals surface area contributed by atoms with Gasteiger partial charge >= 0.3 is 6.61 Å². The first-order valence-electron chi connectivity index (χ1n) is 7.20. The second-order valence-corrected chi connectivity index (χ2v) is 6.05. The Kier molecular flexibility index (Phi) is 6.69. The summed E-state index contributed by atoms with van der Waals surface area (Å²) in [5, 5.41) is 0. The molecule has 2 aromatic rings. The van der Waals surface area contributed by atoms with Crippen LogP contribution in [0.4, 0.5) is 13.2 Å². The molecule has 0 aliphatic rings. The molecular weight excluding hydrogens is 403 g/mol. The van der Waals surface area contributed by atoms with E-state index in [0.29, 0.717) is 4.47 Å². The number of likely N-dealkylation sites (N-methyl/N-ethyl adjacent to an activating group) is 1. The molecule has 25 heavy (non-hydrogen) atoms. The van der Waals surface area contributed by atoms with E-state index in [2.05, 4.69) is 20.7 Å². The average molecular weight is 418 g/mol. The van der Waals surface area contributed by atoms with Crippen LogP contribution in [0.25, 0.3) is 0 Å². The van der Waals surface area contributed by atoms with Gasteiger partial charge in [-0.2, -0.15) is 8.78 Å². The Balaban J connectivity index is 1.87. The molecule has 8 heteroatoms. The van der Waals surface area contributed by atoms with Crippen LogP contribution in [0.15, 0.2) is 46.9 Å². The maximum atomic E-state index is 13.6. The quantitative estimate of drug-likeness (QED) is 0.676. The van der Waals surface area contributed by atoms with Gasteiger partial charge < -0.3 is 14.4 Å². The molecule has 134 valence electrons. The molecule has 2 rings (SSSR count). The van der Waals surface area contributed by atoms with Crippen LogP contribution >= 0.6 is 15.9 Å². The Morgan fingerprint density at radius 2 is 1.88 bits per heavy atom. The Hall–Kier alpha value is -2.22. The number of ether oxygens (including phenoxy) is 2. The SMILES string of the molecule is CN(Cc1ccc(OC(F)F)cc1)C(=O)COc1ccc(Br)cc1F. The van der Waals surface area contributed by atoms with Crippen molar-refractivity contribution < 1.29 is 27.4 Å². The summed E-state index contributed by atoms with van der Waals surface area (Å²) in [5.74, 6) is -0.894. The van der Waals surface area contributed by atoms with Gasteiger partial charge in [-0.1, -0.05) is 28.1 Å². The number of nitrogens with zero attached hydrogens (tertiary/aromatic N) is 1.